The molecule has 0 bridgehead atoms. The van der Waals surface area contributed by atoms with Gasteiger partial charge in [0.05, 0.1) is 0 Å². The summed E-state index contributed by atoms with van der Waals surface area (Å²) in [5.74, 6) is -0.497. The van der Waals surface area contributed by atoms with Crippen LogP contribution in [0.15, 0.2) is 48.5 Å². The smallest absolute Gasteiger partial charge is 0.226 e. The first-order valence-electron chi connectivity index (χ1n) is 8.37. The molecule has 0 radical (unpaired) electrons. The number of nitrogens with one attached hydrogen (secondary N) is 2. The van der Waals surface area contributed by atoms with Gasteiger partial charge in [-0.15, -0.1) is 0 Å². The highest BCUT2D eigenvalue weighted by molar-refractivity contribution is 5.95. The lowest BCUT2D eigenvalue weighted by Crippen LogP contribution is -2.32. The molecule has 0 saturated heterocycles. The van der Waals surface area contributed by atoms with Gasteiger partial charge in [0, 0.05) is 43.9 Å². The molecular weight excluding hydrogens is 330 g/mol. The Morgan fingerprint density at radius 2 is 1.58 bits per heavy atom. The Balaban J connectivity index is 1.98. The van der Waals surface area contributed by atoms with Gasteiger partial charge in [-0.3, -0.25) is 14.4 Å². The van der Waals surface area contributed by atoms with Gasteiger partial charge in [0.15, 0.2) is 0 Å². The maximum atomic E-state index is 12.2. The molecule has 0 unspecified atom stereocenters. The molecule has 2 N–H and O–H groups in total. The topological polar surface area (TPSA) is 78.5 Å². The maximum absolute atomic E-state index is 12.2. The van der Waals surface area contributed by atoms with Gasteiger partial charge in [-0.1, -0.05) is 18.2 Å². The van der Waals surface area contributed by atoms with E-state index in [1.807, 2.05) is 31.2 Å². The van der Waals surface area contributed by atoms with Crippen molar-refractivity contribution in [2.24, 2.45) is 0 Å². The number of benzene rings is 2. The van der Waals surface area contributed by atoms with Crippen LogP contribution in [0.1, 0.15) is 25.8 Å². The number of rotatable bonds is 6. The van der Waals surface area contributed by atoms with Crippen LogP contribution in [0.2, 0.25) is 0 Å². The molecule has 6 nitrogen and oxygen atoms in total. The van der Waals surface area contributed by atoms with Gasteiger partial charge in [0.1, 0.15) is 0 Å². The van der Waals surface area contributed by atoms with Gasteiger partial charge in [-0.25, -0.2) is 0 Å². The predicted octanol–water partition coefficient (Wildman–Crippen LogP) is 3.34. The number of aryl methyl sites for hydroxylation is 1. The summed E-state index contributed by atoms with van der Waals surface area (Å²) >= 11 is 0. The van der Waals surface area contributed by atoms with Crippen molar-refractivity contribution in [3.8, 4) is 0 Å². The largest absolute Gasteiger partial charge is 0.326 e. The third-order valence-electron chi connectivity index (χ3n) is 3.72. The fourth-order valence-electron chi connectivity index (χ4n) is 2.58. The van der Waals surface area contributed by atoms with Gasteiger partial charge in [-0.2, -0.15) is 0 Å². The van der Waals surface area contributed by atoms with Crippen LogP contribution < -0.4 is 15.5 Å². The SMILES string of the molecule is CC(=O)Nc1cccc(NC(=O)CCN(C(C)=O)c2cccc(C)c2)c1. The number of amides is 3. The molecule has 0 aromatic heterocycles. The van der Waals surface area contributed by atoms with Crippen molar-refractivity contribution < 1.29 is 14.4 Å². The molecule has 2 rings (SSSR count). The van der Waals surface area contributed by atoms with E-state index in [1.165, 1.54) is 13.8 Å². The van der Waals surface area contributed by atoms with Gasteiger partial charge >= 0.3 is 0 Å². The molecule has 26 heavy (non-hydrogen) atoms. The van der Waals surface area contributed by atoms with E-state index in [0.29, 0.717) is 11.4 Å². The Bertz CT molecular complexity index is 817. The van der Waals surface area contributed by atoms with Gasteiger partial charge in [-0.05, 0) is 42.8 Å². The molecule has 2 aromatic carbocycles. The minimum atomic E-state index is -0.205. The zero-order valence-corrected chi connectivity index (χ0v) is 15.2. The highest BCUT2D eigenvalue weighted by atomic mass is 16.2. The van der Waals surface area contributed by atoms with Crippen molar-refractivity contribution >= 4 is 34.8 Å². The molecule has 0 aliphatic heterocycles. The number of nitrogens with zero attached hydrogens (tertiary/aromatic N) is 1. The van der Waals surface area contributed by atoms with Crippen molar-refractivity contribution in [3.63, 3.8) is 0 Å². The zero-order valence-electron chi connectivity index (χ0n) is 15.2. The van der Waals surface area contributed by atoms with Gasteiger partial charge in [0.2, 0.25) is 17.7 Å². The van der Waals surface area contributed by atoms with E-state index >= 15 is 0 Å². The molecule has 0 heterocycles. The normalized spacial score (nSPS) is 10.1. The molecule has 2 aromatic rings. The lowest BCUT2D eigenvalue weighted by molar-refractivity contribution is -0.117. The van der Waals surface area contributed by atoms with Crippen LogP contribution >= 0.6 is 0 Å². The quantitative estimate of drug-likeness (QED) is 0.836. The first kappa shape index (κ1) is 19.2. The summed E-state index contributed by atoms with van der Waals surface area (Å²) < 4.78 is 0. The zero-order chi connectivity index (χ0) is 19.1. The number of carbonyl (C=O) groups excluding carboxylic acids is 3. The van der Waals surface area contributed by atoms with E-state index < -0.39 is 0 Å². The second-order valence-electron chi connectivity index (χ2n) is 6.07. The highest BCUT2D eigenvalue weighted by Gasteiger charge is 2.14. The maximum Gasteiger partial charge on any atom is 0.226 e. The highest BCUT2D eigenvalue weighted by Crippen LogP contribution is 2.18. The summed E-state index contributed by atoms with van der Waals surface area (Å²) in [7, 11) is 0. The van der Waals surface area contributed by atoms with Crippen molar-refractivity contribution in [1.29, 1.82) is 0 Å². The first-order valence-corrected chi connectivity index (χ1v) is 8.37. The third kappa shape index (κ3) is 5.73. The monoisotopic (exact) mass is 353 g/mol. The second-order valence-corrected chi connectivity index (χ2v) is 6.07. The number of hydrogen-bond acceptors (Lipinski definition) is 3. The fourth-order valence-corrected chi connectivity index (χ4v) is 2.58. The fraction of sp³-hybridized carbons (Fsp3) is 0.250. The first-order chi connectivity index (χ1) is 12.3. The van der Waals surface area contributed by atoms with E-state index in [1.54, 1.807) is 29.2 Å². The Morgan fingerprint density at radius 3 is 2.19 bits per heavy atom. The number of anilines is 3. The molecule has 3 amide bonds. The van der Waals surface area contributed by atoms with Crippen LogP contribution in [0, 0.1) is 6.92 Å². The van der Waals surface area contributed by atoms with Crippen LogP contribution in [0.3, 0.4) is 0 Å². The number of hydrogen-bond donors (Lipinski definition) is 2. The summed E-state index contributed by atoms with van der Waals surface area (Å²) in [4.78, 5) is 36.9. The summed E-state index contributed by atoms with van der Waals surface area (Å²) in [5, 5.41) is 5.45. The molecule has 0 saturated carbocycles. The second kappa shape index (κ2) is 8.80. The molecule has 0 aliphatic rings. The molecule has 0 spiro atoms. The minimum Gasteiger partial charge on any atom is -0.326 e. The average Bonchev–Trinajstić information content (AvgIpc) is 2.54. The van der Waals surface area contributed by atoms with E-state index in [4.69, 9.17) is 0 Å². The van der Waals surface area contributed by atoms with Crippen molar-refractivity contribution in [2.45, 2.75) is 27.2 Å². The van der Waals surface area contributed by atoms with Gasteiger partial charge in [0.25, 0.3) is 0 Å². The van der Waals surface area contributed by atoms with E-state index in [-0.39, 0.29) is 30.7 Å². The molecule has 136 valence electrons. The summed E-state index contributed by atoms with van der Waals surface area (Å²) in [6.07, 6.45) is 0.165. The Hall–Kier alpha value is -3.15. The van der Waals surface area contributed by atoms with Crippen molar-refractivity contribution in [2.75, 3.05) is 22.1 Å². The minimum absolute atomic E-state index is 0.115. The Labute approximate surface area is 153 Å². The van der Waals surface area contributed by atoms with Crippen molar-refractivity contribution in [1.82, 2.24) is 0 Å². The summed E-state index contributed by atoms with van der Waals surface area (Å²) in [5.41, 5.74) is 3.03. The summed E-state index contributed by atoms with van der Waals surface area (Å²) in [6.45, 7) is 5.15. The lowest BCUT2D eigenvalue weighted by Gasteiger charge is -2.21. The molecule has 6 heteroatoms. The van der Waals surface area contributed by atoms with E-state index in [2.05, 4.69) is 10.6 Å². The third-order valence-corrected chi connectivity index (χ3v) is 3.72. The molecule has 0 fully saturated rings. The Morgan fingerprint density at radius 1 is 0.923 bits per heavy atom. The van der Waals surface area contributed by atoms with Crippen LogP contribution in [0.5, 0.6) is 0 Å². The summed E-state index contributed by atoms with van der Waals surface area (Å²) in [6, 6.07) is 14.5. The van der Waals surface area contributed by atoms with Crippen molar-refractivity contribution in [3.05, 3.63) is 54.1 Å². The number of carbonyl (C=O) groups is 3. The van der Waals surface area contributed by atoms with Crippen LogP contribution in [0.25, 0.3) is 0 Å². The van der Waals surface area contributed by atoms with Gasteiger partial charge < -0.3 is 15.5 Å². The lowest BCUT2D eigenvalue weighted by atomic mass is 10.2. The van der Waals surface area contributed by atoms with E-state index in [9.17, 15) is 14.4 Å². The molecule has 0 aliphatic carbocycles. The molecular formula is C20H23N3O3. The van der Waals surface area contributed by atoms with E-state index in [0.717, 1.165) is 11.3 Å². The standard InChI is InChI=1S/C20H23N3O3/c1-14-6-4-9-19(12-14)23(16(3)25)11-10-20(26)22-18-8-5-7-17(13-18)21-15(2)24/h4-9,12-13H,10-11H2,1-3H3,(H,21,24)(H,22,26). The van der Waals surface area contributed by atoms with Crippen LogP contribution in [-0.4, -0.2) is 24.3 Å². The molecule has 0 atom stereocenters. The Kier molecular flexibility index (Phi) is 6.49. The predicted molar refractivity (Wildman–Crippen MR) is 103 cm³/mol. The van der Waals surface area contributed by atoms with Crippen LogP contribution in [0.4, 0.5) is 17.1 Å². The average molecular weight is 353 g/mol. The van der Waals surface area contributed by atoms with Crippen LogP contribution in [-0.2, 0) is 14.4 Å².